The molecule has 1 aliphatic heterocycles. The molecule has 3 rings (SSSR count). The maximum atomic E-state index is 6.10. The van der Waals surface area contributed by atoms with Crippen molar-refractivity contribution in [2.75, 3.05) is 18.8 Å². The molecule has 1 saturated heterocycles. The van der Waals surface area contributed by atoms with Crippen LogP contribution in [0.15, 0.2) is 23.4 Å². The number of nitrogens with one attached hydrogen (secondary N) is 1. The highest BCUT2D eigenvalue weighted by molar-refractivity contribution is 7.99. The minimum absolute atomic E-state index is 0.528. The summed E-state index contributed by atoms with van der Waals surface area (Å²) < 4.78 is 1.82. The van der Waals surface area contributed by atoms with E-state index in [-0.39, 0.29) is 0 Å². The number of aromatic nitrogens is 3. The van der Waals surface area contributed by atoms with Crippen LogP contribution in [0.5, 0.6) is 0 Å². The van der Waals surface area contributed by atoms with Crippen molar-refractivity contribution in [1.29, 1.82) is 0 Å². The Morgan fingerprint density at radius 1 is 1.25 bits per heavy atom. The van der Waals surface area contributed by atoms with Crippen LogP contribution in [-0.4, -0.2) is 33.6 Å². The minimum Gasteiger partial charge on any atom is -0.317 e. The molecule has 2 heterocycles. The first-order chi connectivity index (χ1) is 11.6. The van der Waals surface area contributed by atoms with Gasteiger partial charge >= 0.3 is 0 Å². The topological polar surface area (TPSA) is 42.7 Å². The van der Waals surface area contributed by atoms with E-state index in [0.717, 1.165) is 28.3 Å². The highest BCUT2D eigenvalue weighted by Crippen LogP contribution is 2.26. The second-order valence-electron chi connectivity index (χ2n) is 6.14. The Labute approximate surface area is 157 Å². The Morgan fingerprint density at radius 2 is 2.04 bits per heavy atom. The van der Waals surface area contributed by atoms with Crippen LogP contribution in [0.1, 0.15) is 31.5 Å². The number of aryl methyl sites for hydroxylation is 1. The van der Waals surface area contributed by atoms with Crippen molar-refractivity contribution in [2.45, 2.75) is 37.8 Å². The lowest BCUT2D eigenvalue weighted by molar-refractivity contribution is 0.352. The van der Waals surface area contributed by atoms with Crippen LogP contribution >= 0.6 is 35.0 Å². The van der Waals surface area contributed by atoms with Gasteiger partial charge in [0.1, 0.15) is 5.82 Å². The molecule has 24 heavy (non-hydrogen) atoms. The average molecular weight is 385 g/mol. The SMILES string of the molecule is Cc1nc(SCCCC2CCNCC2)nn1-c1ccc(Cl)c(Cl)c1. The zero-order chi connectivity index (χ0) is 16.9. The molecule has 0 saturated carbocycles. The van der Waals surface area contributed by atoms with E-state index in [1.54, 1.807) is 17.8 Å². The normalized spacial score (nSPS) is 15.8. The summed E-state index contributed by atoms with van der Waals surface area (Å²) in [7, 11) is 0. The first-order valence-electron chi connectivity index (χ1n) is 8.36. The lowest BCUT2D eigenvalue weighted by atomic mass is 9.94. The second-order valence-corrected chi connectivity index (χ2v) is 8.01. The van der Waals surface area contributed by atoms with Gasteiger partial charge in [-0.3, -0.25) is 0 Å². The van der Waals surface area contributed by atoms with Gasteiger partial charge in [-0.15, -0.1) is 5.10 Å². The highest BCUT2D eigenvalue weighted by Gasteiger charge is 2.13. The van der Waals surface area contributed by atoms with Gasteiger partial charge in [0.05, 0.1) is 15.7 Å². The number of nitrogens with zero attached hydrogens (tertiary/aromatic N) is 3. The summed E-state index contributed by atoms with van der Waals surface area (Å²) in [5.41, 5.74) is 0.885. The van der Waals surface area contributed by atoms with Crippen molar-refractivity contribution in [2.24, 2.45) is 5.92 Å². The van der Waals surface area contributed by atoms with Crippen molar-refractivity contribution in [3.8, 4) is 5.69 Å². The number of thioether (sulfide) groups is 1. The lowest BCUT2D eigenvalue weighted by Gasteiger charge is -2.22. The largest absolute Gasteiger partial charge is 0.317 e. The van der Waals surface area contributed by atoms with E-state index in [1.807, 2.05) is 23.7 Å². The molecule has 1 N–H and O–H groups in total. The van der Waals surface area contributed by atoms with Crippen molar-refractivity contribution in [1.82, 2.24) is 20.1 Å². The standard InChI is InChI=1S/C17H22Cl2N4S/c1-12-21-17(24-10-2-3-13-6-8-20-9-7-13)22-23(12)14-4-5-15(18)16(19)11-14/h4-5,11,13,20H,2-3,6-10H2,1H3. The van der Waals surface area contributed by atoms with Gasteiger partial charge in [0.25, 0.3) is 0 Å². The molecule has 1 aliphatic rings. The van der Waals surface area contributed by atoms with E-state index >= 15 is 0 Å². The Morgan fingerprint density at radius 3 is 2.79 bits per heavy atom. The molecule has 4 nitrogen and oxygen atoms in total. The maximum absolute atomic E-state index is 6.10. The number of hydrogen-bond acceptors (Lipinski definition) is 4. The molecule has 2 aromatic rings. The van der Waals surface area contributed by atoms with Gasteiger partial charge in [-0.1, -0.05) is 35.0 Å². The number of piperidine rings is 1. The summed E-state index contributed by atoms with van der Waals surface area (Å²) in [6.45, 7) is 4.30. The molecule has 1 fully saturated rings. The first-order valence-corrected chi connectivity index (χ1v) is 10.1. The fourth-order valence-electron chi connectivity index (χ4n) is 2.99. The highest BCUT2D eigenvalue weighted by atomic mass is 35.5. The van der Waals surface area contributed by atoms with Crippen molar-refractivity contribution < 1.29 is 0 Å². The van der Waals surface area contributed by atoms with Crippen LogP contribution in [0, 0.1) is 12.8 Å². The zero-order valence-electron chi connectivity index (χ0n) is 13.8. The fraction of sp³-hybridized carbons (Fsp3) is 0.529. The van der Waals surface area contributed by atoms with Crippen LogP contribution in [0.3, 0.4) is 0 Å². The van der Waals surface area contributed by atoms with E-state index < -0.39 is 0 Å². The molecule has 0 aliphatic carbocycles. The number of rotatable bonds is 6. The predicted molar refractivity (Wildman–Crippen MR) is 102 cm³/mol. The van der Waals surface area contributed by atoms with Gasteiger partial charge in [-0.05, 0) is 69.8 Å². The Kier molecular flexibility index (Phi) is 6.44. The predicted octanol–water partition coefficient (Wildman–Crippen LogP) is 4.75. The number of halogens is 2. The third kappa shape index (κ3) is 4.66. The Hall–Kier alpha value is -0.750. The molecule has 0 atom stereocenters. The van der Waals surface area contributed by atoms with Crippen LogP contribution in [0.25, 0.3) is 5.69 Å². The Bertz CT molecular complexity index is 683. The third-order valence-electron chi connectivity index (χ3n) is 4.34. The summed E-state index contributed by atoms with van der Waals surface area (Å²) in [5, 5.41) is 9.91. The summed E-state index contributed by atoms with van der Waals surface area (Å²) in [6, 6.07) is 5.50. The molecular weight excluding hydrogens is 363 g/mol. The molecule has 0 unspecified atom stereocenters. The van der Waals surface area contributed by atoms with E-state index in [4.69, 9.17) is 23.2 Å². The molecule has 7 heteroatoms. The van der Waals surface area contributed by atoms with Crippen molar-refractivity contribution >= 4 is 35.0 Å². The Balaban J connectivity index is 1.54. The van der Waals surface area contributed by atoms with Crippen LogP contribution in [0.2, 0.25) is 10.0 Å². The second kappa shape index (κ2) is 8.56. The molecule has 1 aromatic heterocycles. The van der Waals surface area contributed by atoms with Gasteiger partial charge in [-0.2, -0.15) is 0 Å². The van der Waals surface area contributed by atoms with Gasteiger partial charge in [-0.25, -0.2) is 9.67 Å². The van der Waals surface area contributed by atoms with E-state index in [9.17, 15) is 0 Å². The molecular formula is C17H22Cl2N4S. The van der Waals surface area contributed by atoms with E-state index in [0.29, 0.717) is 10.0 Å². The van der Waals surface area contributed by atoms with Crippen LogP contribution in [0.4, 0.5) is 0 Å². The van der Waals surface area contributed by atoms with Crippen molar-refractivity contribution in [3.05, 3.63) is 34.1 Å². The van der Waals surface area contributed by atoms with Crippen LogP contribution in [-0.2, 0) is 0 Å². The molecule has 0 bridgehead atoms. The average Bonchev–Trinajstić information content (AvgIpc) is 2.96. The smallest absolute Gasteiger partial charge is 0.209 e. The molecule has 0 radical (unpaired) electrons. The summed E-state index contributed by atoms with van der Waals surface area (Å²) >= 11 is 13.8. The van der Waals surface area contributed by atoms with Gasteiger partial charge in [0.15, 0.2) is 0 Å². The number of hydrogen-bond donors (Lipinski definition) is 1. The quantitative estimate of drug-likeness (QED) is 0.575. The zero-order valence-corrected chi connectivity index (χ0v) is 16.1. The lowest BCUT2D eigenvalue weighted by Crippen LogP contribution is -2.27. The minimum atomic E-state index is 0.528. The summed E-state index contributed by atoms with van der Waals surface area (Å²) in [6.07, 6.45) is 5.15. The van der Waals surface area contributed by atoms with Gasteiger partial charge < -0.3 is 5.32 Å². The van der Waals surface area contributed by atoms with E-state index in [1.165, 1.54) is 38.8 Å². The maximum Gasteiger partial charge on any atom is 0.209 e. The van der Waals surface area contributed by atoms with Gasteiger partial charge in [0, 0.05) is 5.75 Å². The third-order valence-corrected chi connectivity index (χ3v) is 6.01. The van der Waals surface area contributed by atoms with Crippen molar-refractivity contribution in [3.63, 3.8) is 0 Å². The van der Waals surface area contributed by atoms with E-state index in [2.05, 4.69) is 15.4 Å². The molecule has 130 valence electrons. The summed E-state index contributed by atoms with van der Waals surface area (Å²) in [4.78, 5) is 4.55. The monoisotopic (exact) mass is 384 g/mol. The number of benzene rings is 1. The fourth-order valence-corrected chi connectivity index (χ4v) is 4.12. The van der Waals surface area contributed by atoms with Gasteiger partial charge in [0.2, 0.25) is 5.16 Å². The molecule has 0 spiro atoms. The molecule has 1 aromatic carbocycles. The van der Waals surface area contributed by atoms with Crippen LogP contribution < -0.4 is 5.32 Å². The molecule has 0 amide bonds. The first kappa shape index (κ1) is 18.1. The summed E-state index contributed by atoms with van der Waals surface area (Å²) in [5.74, 6) is 2.80.